The molecule has 0 aromatic heterocycles. The molecule has 0 bridgehead atoms. The van der Waals surface area contributed by atoms with Gasteiger partial charge in [0, 0.05) is 23.0 Å². The number of hydrogen-bond donors (Lipinski definition) is 2. The minimum atomic E-state index is -2.44. The van der Waals surface area contributed by atoms with Gasteiger partial charge in [0.15, 0.2) is 0 Å². The monoisotopic (exact) mass is 324 g/mol. The largest absolute Gasteiger partial charge is 0.350 e. The first-order chi connectivity index (χ1) is 9.02. The molecule has 1 amide bonds. The second-order valence-corrected chi connectivity index (χ2v) is 5.14. The summed E-state index contributed by atoms with van der Waals surface area (Å²) in [6, 6.07) is 6.36. The number of hydrogen-bond acceptors (Lipinski definition) is 3. The minimum Gasteiger partial charge on any atom is -0.350 e. The van der Waals surface area contributed by atoms with Gasteiger partial charge in [-0.2, -0.15) is 8.78 Å². The van der Waals surface area contributed by atoms with Crippen LogP contribution in [0.2, 0.25) is 0 Å². The highest BCUT2D eigenvalue weighted by atomic mass is 35.5. The molecule has 0 aliphatic heterocycles. The summed E-state index contributed by atoms with van der Waals surface area (Å²) in [5.74, 6) is -2.64. The van der Waals surface area contributed by atoms with E-state index in [1.54, 1.807) is 12.1 Å². The molecule has 1 aromatic carbocycles. The summed E-state index contributed by atoms with van der Waals surface area (Å²) in [4.78, 5) is 12.2. The number of likely N-dealkylation sites (N-methyl/N-ethyl adjacent to an activating group) is 1. The van der Waals surface area contributed by atoms with E-state index < -0.39 is 5.76 Å². The SMILES string of the molecule is CCN[C@H](C)CNC(=O)c1ccc(SC(F)F)cc1.Cl. The van der Waals surface area contributed by atoms with Crippen LogP contribution in [-0.2, 0) is 0 Å². The molecule has 0 radical (unpaired) electrons. The van der Waals surface area contributed by atoms with E-state index in [-0.39, 0.29) is 24.4 Å². The number of halogens is 3. The van der Waals surface area contributed by atoms with Crippen molar-refractivity contribution in [2.24, 2.45) is 0 Å². The molecule has 0 aliphatic rings. The topological polar surface area (TPSA) is 41.1 Å². The number of alkyl halides is 2. The van der Waals surface area contributed by atoms with Gasteiger partial charge < -0.3 is 10.6 Å². The van der Waals surface area contributed by atoms with Gasteiger partial charge in [0.05, 0.1) is 0 Å². The molecule has 3 nitrogen and oxygen atoms in total. The Bertz CT molecular complexity index is 404. The number of rotatable bonds is 7. The van der Waals surface area contributed by atoms with Gasteiger partial charge in [-0.25, -0.2) is 0 Å². The highest BCUT2D eigenvalue weighted by Gasteiger charge is 2.09. The van der Waals surface area contributed by atoms with Gasteiger partial charge >= 0.3 is 0 Å². The first kappa shape index (κ1) is 19.1. The molecular weight excluding hydrogens is 306 g/mol. The van der Waals surface area contributed by atoms with Crippen molar-refractivity contribution >= 4 is 30.1 Å². The van der Waals surface area contributed by atoms with Gasteiger partial charge in [-0.3, -0.25) is 4.79 Å². The van der Waals surface area contributed by atoms with E-state index in [2.05, 4.69) is 10.6 Å². The maximum Gasteiger partial charge on any atom is 0.288 e. The molecule has 1 rings (SSSR count). The molecule has 0 unspecified atom stereocenters. The lowest BCUT2D eigenvalue weighted by atomic mass is 10.2. The Morgan fingerprint density at radius 2 is 1.90 bits per heavy atom. The fourth-order valence-electron chi connectivity index (χ4n) is 1.56. The summed E-state index contributed by atoms with van der Waals surface area (Å²) < 4.78 is 24.3. The third-order valence-corrected chi connectivity index (χ3v) is 3.19. The van der Waals surface area contributed by atoms with Crippen LogP contribution in [0.1, 0.15) is 24.2 Å². The van der Waals surface area contributed by atoms with Gasteiger partial charge in [0.2, 0.25) is 0 Å². The van der Waals surface area contributed by atoms with Crippen LogP contribution in [0, 0.1) is 0 Å². The van der Waals surface area contributed by atoms with Crippen LogP contribution in [-0.4, -0.2) is 30.8 Å². The number of amides is 1. The average molecular weight is 325 g/mol. The van der Waals surface area contributed by atoms with E-state index in [0.29, 0.717) is 28.8 Å². The second kappa shape index (κ2) is 9.96. The Kier molecular flexibility index (Phi) is 9.54. The summed E-state index contributed by atoms with van der Waals surface area (Å²) >= 11 is 0.469. The Labute approximate surface area is 128 Å². The summed E-state index contributed by atoms with van der Waals surface area (Å²) in [6.45, 7) is 5.35. The maximum atomic E-state index is 12.1. The molecule has 1 aromatic rings. The van der Waals surface area contributed by atoms with Crippen molar-refractivity contribution in [3.63, 3.8) is 0 Å². The average Bonchev–Trinajstić information content (AvgIpc) is 2.36. The second-order valence-electron chi connectivity index (χ2n) is 4.07. The highest BCUT2D eigenvalue weighted by molar-refractivity contribution is 7.99. The lowest BCUT2D eigenvalue weighted by molar-refractivity contribution is 0.0950. The molecule has 1 atom stereocenters. The Morgan fingerprint density at radius 1 is 1.30 bits per heavy atom. The summed E-state index contributed by atoms with van der Waals surface area (Å²) in [5, 5.41) is 5.97. The van der Waals surface area contributed by atoms with E-state index in [1.807, 2.05) is 13.8 Å². The van der Waals surface area contributed by atoms with Crippen molar-refractivity contribution < 1.29 is 13.6 Å². The van der Waals surface area contributed by atoms with Crippen LogP contribution in [0.3, 0.4) is 0 Å². The quantitative estimate of drug-likeness (QED) is 0.757. The zero-order valence-corrected chi connectivity index (χ0v) is 13.0. The third kappa shape index (κ3) is 7.07. The number of carbonyl (C=O) groups is 1. The zero-order valence-electron chi connectivity index (χ0n) is 11.4. The summed E-state index contributed by atoms with van der Waals surface area (Å²) in [6.07, 6.45) is 0. The molecule has 20 heavy (non-hydrogen) atoms. The van der Waals surface area contributed by atoms with Crippen LogP contribution < -0.4 is 10.6 Å². The smallest absolute Gasteiger partial charge is 0.288 e. The predicted octanol–water partition coefficient (Wildman–Crippen LogP) is 3.15. The van der Waals surface area contributed by atoms with Crippen LogP contribution in [0.4, 0.5) is 8.78 Å². The molecule has 0 fully saturated rings. The van der Waals surface area contributed by atoms with Crippen LogP contribution in [0.5, 0.6) is 0 Å². The molecule has 114 valence electrons. The normalized spacial score (nSPS) is 11.8. The summed E-state index contributed by atoms with van der Waals surface area (Å²) in [7, 11) is 0. The number of thioether (sulfide) groups is 1. The molecule has 0 heterocycles. The molecule has 0 saturated heterocycles. The van der Waals surface area contributed by atoms with Crippen LogP contribution in [0.15, 0.2) is 29.2 Å². The predicted molar refractivity (Wildman–Crippen MR) is 81.0 cm³/mol. The molecule has 0 spiro atoms. The summed E-state index contributed by atoms with van der Waals surface area (Å²) in [5.41, 5.74) is 0.474. The highest BCUT2D eigenvalue weighted by Crippen LogP contribution is 2.24. The van der Waals surface area contributed by atoms with Crippen LogP contribution in [0.25, 0.3) is 0 Å². The van der Waals surface area contributed by atoms with Crippen molar-refractivity contribution in [3.05, 3.63) is 29.8 Å². The van der Waals surface area contributed by atoms with Crippen molar-refractivity contribution in [2.45, 2.75) is 30.5 Å². The van der Waals surface area contributed by atoms with E-state index in [9.17, 15) is 13.6 Å². The van der Waals surface area contributed by atoms with Gasteiger partial charge in [0.25, 0.3) is 11.7 Å². The lowest BCUT2D eigenvalue weighted by Crippen LogP contribution is -2.38. The Morgan fingerprint density at radius 3 is 2.40 bits per heavy atom. The van der Waals surface area contributed by atoms with Crippen molar-refractivity contribution in [3.8, 4) is 0 Å². The standard InChI is InChI=1S/C13H18F2N2OS.ClH/c1-3-16-9(2)8-17-12(18)10-4-6-11(7-5-10)19-13(14)15;/h4-7,9,13,16H,3,8H2,1-2H3,(H,17,18);1H/t9-;/m1./s1. The first-order valence-electron chi connectivity index (χ1n) is 6.09. The fourth-order valence-corrected chi connectivity index (χ4v) is 2.06. The van der Waals surface area contributed by atoms with Crippen molar-refractivity contribution in [1.82, 2.24) is 10.6 Å². The van der Waals surface area contributed by atoms with Gasteiger partial charge in [0.1, 0.15) is 0 Å². The Balaban J connectivity index is 0.00000361. The Hall–Kier alpha value is -0.850. The zero-order chi connectivity index (χ0) is 14.3. The van der Waals surface area contributed by atoms with Gasteiger partial charge in [-0.1, -0.05) is 18.7 Å². The van der Waals surface area contributed by atoms with Crippen molar-refractivity contribution in [1.29, 1.82) is 0 Å². The number of carbonyl (C=O) groups excluding carboxylic acids is 1. The first-order valence-corrected chi connectivity index (χ1v) is 6.97. The maximum absolute atomic E-state index is 12.1. The van der Waals surface area contributed by atoms with E-state index >= 15 is 0 Å². The number of benzene rings is 1. The van der Waals surface area contributed by atoms with Crippen molar-refractivity contribution in [2.75, 3.05) is 13.1 Å². The number of nitrogens with one attached hydrogen (secondary N) is 2. The fraction of sp³-hybridized carbons (Fsp3) is 0.462. The molecule has 0 saturated carbocycles. The lowest BCUT2D eigenvalue weighted by Gasteiger charge is -2.13. The third-order valence-electron chi connectivity index (χ3n) is 2.46. The molecule has 0 aliphatic carbocycles. The molecule has 7 heteroatoms. The molecule has 2 N–H and O–H groups in total. The van der Waals surface area contributed by atoms with Crippen LogP contribution >= 0.6 is 24.2 Å². The van der Waals surface area contributed by atoms with Gasteiger partial charge in [-0.05, 0) is 37.7 Å². The van der Waals surface area contributed by atoms with E-state index in [0.717, 1.165) is 6.54 Å². The van der Waals surface area contributed by atoms with E-state index in [1.165, 1.54) is 12.1 Å². The van der Waals surface area contributed by atoms with E-state index in [4.69, 9.17) is 0 Å². The van der Waals surface area contributed by atoms with Gasteiger partial charge in [-0.15, -0.1) is 12.4 Å². The minimum absolute atomic E-state index is 0. The molecular formula is C13H19ClF2N2OS.